The van der Waals surface area contributed by atoms with Crippen molar-refractivity contribution in [2.75, 3.05) is 5.73 Å². The number of hydrogen-bond acceptors (Lipinski definition) is 7. The first-order chi connectivity index (χ1) is 13.6. The SMILES string of the molecule is Cc1nc(N)nc2c1ccn2[C@H](O)[C@H](O)[C@H](O)[C@H](C)[C@H](O)c1ccc(Cl)c(F)c1. The van der Waals surface area contributed by atoms with Crippen LogP contribution in [0.15, 0.2) is 30.5 Å². The number of anilines is 1. The molecule has 8 nitrogen and oxygen atoms in total. The fraction of sp³-hybridized carbons (Fsp3) is 0.368. The fourth-order valence-corrected chi connectivity index (χ4v) is 3.37. The second-order valence-electron chi connectivity index (χ2n) is 7.00. The highest BCUT2D eigenvalue weighted by molar-refractivity contribution is 6.30. The highest BCUT2D eigenvalue weighted by atomic mass is 35.5. The Balaban J connectivity index is 1.83. The van der Waals surface area contributed by atoms with Gasteiger partial charge in [-0.15, -0.1) is 0 Å². The third-order valence-corrected chi connectivity index (χ3v) is 5.35. The summed E-state index contributed by atoms with van der Waals surface area (Å²) < 4.78 is 14.9. The molecule has 2 aromatic heterocycles. The maximum absolute atomic E-state index is 13.7. The summed E-state index contributed by atoms with van der Waals surface area (Å²) in [5.74, 6) is -1.65. The number of hydrogen-bond donors (Lipinski definition) is 5. The van der Waals surface area contributed by atoms with Gasteiger partial charge in [-0.05, 0) is 30.7 Å². The van der Waals surface area contributed by atoms with Crippen LogP contribution in [-0.2, 0) is 0 Å². The monoisotopic (exact) mass is 424 g/mol. The summed E-state index contributed by atoms with van der Waals surface area (Å²) in [6.45, 7) is 3.20. The van der Waals surface area contributed by atoms with Crippen molar-refractivity contribution < 1.29 is 24.8 Å². The normalized spacial score (nSPS) is 17.1. The van der Waals surface area contributed by atoms with Crippen molar-refractivity contribution in [3.8, 4) is 0 Å². The number of fused-ring (bicyclic) bond motifs is 1. The molecule has 0 aliphatic heterocycles. The number of nitrogens with two attached hydrogens (primary N) is 1. The van der Waals surface area contributed by atoms with E-state index in [2.05, 4.69) is 9.97 Å². The predicted molar refractivity (Wildman–Crippen MR) is 105 cm³/mol. The van der Waals surface area contributed by atoms with Crippen molar-refractivity contribution in [3.05, 3.63) is 52.6 Å². The quantitative estimate of drug-likeness (QED) is 0.406. The van der Waals surface area contributed by atoms with Gasteiger partial charge in [-0.25, -0.2) is 9.37 Å². The van der Waals surface area contributed by atoms with Gasteiger partial charge in [-0.3, -0.25) is 0 Å². The number of halogens is 2. The van der Waals surface area contributed by atoms with E-state index >= 15 is 0 Å². The average Bonchev–Trinajstić information content (AvgIpc) is 3.11. The highest BCUT2D eigenvalue weighted by Crippen LogP contribution is 2.31. The molecule has 10 heteroatoms. The minimum Gasteiger partial charge on any atom is -0.390 e. The lowest BCUT2D eigenvalue weighted by Gasteiger charge is -2.31. The molecule has 0 radical (unpaired) electrons. The molecule has 0 aliphatic rings. The number of benzene rings is 1. The van der Waals surface area contributed by atoms with Crippen molar-refractivity contribution in [2.45, 2.75) is 38.4 Å². The summed E-state index contributed by atoms with van der Waals surface area (Å²) >= 11 is 5.65. The summed E-state index contributed by atoms with van der Waals surface area (Å²) in [5.41, 5.74) is 6.74. The van der Waals surface area contributed by atoms with Crippen LogP contribution in [0, 0.1) is 18.7 Å². The van der Waals surface area contributed by atoms with Crippen LogP contribution in [0.2, 0.25) is 5.02 Å². The molecule has 0 amide bonds. The summed E-state index contributed by atoms with van der Waals surface area (Å²) in [4.78, 5) is 8.12. The average molecular weight is 425 g/mol. The van der Waals surface area contributed by atoms with E-state index < -0.39 is 36.3 Å². The molecule has 0 spiro atoms. The molecule has 0 aliphatic carbocycles. The van der Waals surface area contributed by atoms with Gasteiger partial charge in [0.15, 0.2) is 6.23 Å². The Morgan fingerprint density at radius 3 is 2.45 bits per heavy atom. The highest BCUT2D eigenvalue weighted by Gasteiger charge is 2.35. The lowest BCUT2D eigenvalue weighted by atomic mass is 9.89. The molecule has 29 heavy (non-hydrogen) atoms. The van der Waals surface area contributed by atoms with E-state index in [4.69, 9.17) is 17.3 Å². The lowest BCUT2D eigenvalue weighted by molar-refractivity contribution is -0.121. The Hall–Kier alpha value is -2.30. The van der Waals surface area contributed by atoms with E-state index in [9.17, 15) is 24.8 Å². The Morgan fingerprint density at radius 2 is 1.79 bits per heavy atom. The molecule has 0 fully saturated rings. The molecule has 0 unspecified atom stereocenters. The number of aliphatic hydroxyl groups excluding tert-OH is 4. The number of nitrogens with zero attached hydrogens (tertiary/aromatic N) is 3. The van der Waals surface area contributed by atoms with Gasteiger partial charge in [0.1, 0.15) is 17.6 Å². The number of nitrogen functional groups attached to an aromatic ring is 1. The minimum atomic E-state index is -1.68. The smallest absolute Gasteiger partial charge is 0.222 e. The van der Waals surface area contributed by atoms with Gasteiger partial charge in [-0.1, -0.05) is 24.6 Å². The van der Waals surface area contributed by atoms with Crippen molar-refractivity contribution in [1.82, 2.24) is 14.5 Å². The van der Waals surface area contributed by atoms with Crippen LogP contribution < -0.4 is 5.73 Å². The van der Waals surface area contributed by atoms with Crippen LogP contribution in [0.5, 0.6) is 0 Å². The Morgan fingerprint density at radius 1 is 1.10 bits per heavy atom. The van der Waals surface area contributed by atoms with Crippen molar-refractivity contribution in [3.63, 3.8) is 0 Å². The van der Waals surface area contributed by atoms with Crippen LogP contribution in [0.1, 0.15) is 30.5 Å². The van der Waals surface area contributed by atoms with E-state index in [0.29, 0.717) is 16.7 Å². The molecule has 156 valence electrons. The van der Waals surface area contributed by atoms with Crippen molar-refractivity contribution in [2.24, 2.45) is 5.92 Å². The second kappa shape index (κ2) is 8.21. The van der Waals surface area contributed by atoms with E-state index in [1.54, 1.807) is 13.0 Å². The van der Waals surface area contributed by atoms with Crippen LogP contribution in [0.3, 0.4) is 0 Å². The maximum Gasteiger partial charge on any atom is 0.222 e. The maximum atomic E-state index is 13.7. The number of aryl methyl sites for hydroxylation is 1. The van der Waals surface area contributed by atoms with Gasteiger partial charge < -0.3 is 30.7 Å². The fourth-order valence-electron chi connectivity index (χ4n) is 3.26. The second-order valence-corrected chi connectivity index (χ2v) is 7.41. The third kappa shape index (κ3) is 4.05. The molecular formula is C19H22ClFN4O4. The van der Waals surface area contributed by atoms with Crippen molar-refractivity contribution in [1.29, 1.82) is 0 Å². The molecule has 0 saturated carbocycles. The molecule has 6 N–H and O–H groups in total. The molecule has 5 atom stereocenters. The summed E-state index contributed by atoms with van der Waals surface area (Å²) in [5, 5.41) is 42.7. The summed E-state index contributed by atoms with van der Waals surface area (Å²) in [6.07, 6.45) is -4.62. The van der Waals surface area contributed by atoms with Gasteiger partial charge in [0.05, 0.1) is 22.9 Å². The van der Waals surface area contributed by atoms with Gasteiger partial charge in [0, 0.05) is 17.5 Å². The first-order valence-corrected chi connectivity index (χ1v) is 9.27. The summed E-state index contributed by atoms with van der Waals surface area (Å²) in [6, 6.07) is 5.42. The lowest BCUT2D eigenvalue weighted by Crippen LogP contribution is -2.41. The van der Waals surface area contributed by atoms with Crippen LogP contribution >= 0.6 is 11.6 Å². The summed E-state index contributed by atoms with van der Waals surface area (Å²) in [7, 11) is 0. The number of aromatic nitrogens is 3. The van der Waals surface area contributed by atoms with Gasteiger partial charge >= 0.3 is 0 Å². The van der Waals surface area contributed by atoms with E-state index in [-0.39, 0.29) is 16.5 Å². The van der Waals surface area contributed by atoms with Crippen LogP contribution in [0.4, 0.5) is 10.3 Å². The predicted octanol–water partition coefficient (Wildman–Crippen LogP) is 1.70. The molecular weight excluding hydrogens is 403 g/mol. The Kier molecular flexibility index (Phi) is 6.06. The number of rotatable bonds is 6. The van der Waals surface area contributed by atoms with E-state index in [1.807, 2.05) is 0 Å². The van der Waals surface area contributed by atoms with Gasteiger partial charge in [0.2, 0.25) is 5.95 Å². The zero-order valence-corrected chi connectivity index (χ0v) is 16.5. The van der Waals surface area contributed by atoms with E-state index in [1.165, 1.54) is 29.8 Å². The third-order valence-electron chi connectivity index (χ3n) is 5.04. The zero-order chi connectivity index (χ0) is 21.5. The molecule has 0 bridgehead atoms. The zero-order valence-electron chi connectivity index (χ0n) is 15.7. The van der Waals surface area contributed by atoms with Crippen LogP contribution in [0.25, 0.3) is 11.0 Å². The molecule has 2 heterocycles. The Bertz CT molecular complexity index is 1030. The Labute approximate surface area is 171 Å². The standard InChI is InChI=1S/C19H22ClFN4O4/c1-8(14(26)10-3-4-12(20)13(21)7-10)15(27)16(28)18(29)25-6-5-11-9(2)23-19(22)24-17(11)25/h3-8,14-16,18,26-29H,1-2H3,(H2,22,23,24)/t8-,14+,15-,16-,18-/m1/s1. The largest absolute Gasteiger partial charge is 0.390 e. The van der Waals surface area contributed by atoms with E-state index in [0.717, 1.165) is 6.07 Å². The molecule has 1 aromatic carbocycles. The first kappa shape index (κ1) is 21.4. The van der Waals surface area contributed by atoms with Gasteiger partial charge in [-0.2, -0.15) is 4.98 Å². The van der Waals surface area contributed by atoms with Crippen molar-refractivity contribution >= 4 is 28.6 Å². The molecule has 3 rings (SSSR count). The topological polar surface area (TPSA) is 138 Å². The van der Waals surface area contributed by atoms with Gasteiger partial charge in [0.25, 0.3) is 0 Å². The molecule has 0 saturated heterocycles. The first-order valence-electron chi connectivity index (χ1n) is 8.89. The van der Waals surface area contributed by atoms with Crippen LogP contribution in [-0.4, -0.2) is 47.2 Å². The number of aliphatic hydroxyl groups is 4. The molecule has 3 aromatic rings. The minimum absolute atomic E-state index is 0.00532.